The van der Waals surface area contributed by atoms with Gasteiger partial charge in [0, 0.05) is 4.83 Å². The van der Waals surface area contributed by atoms with Gasteiger partial charge in [0.15, 0.2) is 0 Å². The van der Waals surface area contributed by atoms with Crippen LogP contribution >= 0.6 is 15.9 Å². The zero-order valence-electron chi connectivity index (χ0n) is 13.2. The number of benzene rings is 1. The lowest BCUT2D eigenvalue weighted by molar-refractivity contribution is -0.0528. The van der Waals surface area contributed by atoms with Gasteiger partial charge < -0.3 is 0 Å². The number of hydrogen-bond donors (Lipinski definition) is 0. The van der Waals surface area contributed by atoms with Gasteiger partial charge in [-0.15, -0.1) is 0 Å². The van der Waals surface area contributed by atoms with Crippen molar-refractivity contribution in [1.29, 1.82) is 0 Å². The molecule has 1 aromatic carbocycles. The van der Waals surface area contributed by atoms with Crippen molar-refractivity contribution in [3.8, 4) is 0 Å². The SMILES string of the molecule is CCCc1ccc(C(Br)C23CC4CC(CC(C4)C2)C3)cc1. The highest BCUT2D eigenvalue weighted by Gasteiger charge is 2.53. The van der Waals surface area contributed by atoms with E-state index in [1.165, 1.54) is 62.5 Å². The van der Waals surface area contributed by atoms with E-state index in [0.717, 1.165) is 17.8 Å². The summed E-state index contributed by atoms with van der Waals surface area (Å²) in [6.45, 7) is 2.26. The monoisotopic (exact) mass is 346 g/mol. The molecule has 0 aromatic heterocycles. The van der Waals surface area contributed by atoms with Crippen LogP contribution in [-0.4, -0.2) is 0 Å². The molecule has 4 fully saturated rings. The minimum atomic E-state index is 0.570. The predicted molar refractivity (Wildman–Crippen MR) is 92.7 cm³/mol. The maximum absolute atomic E-state index is 4.14. The molecule has 5 rings (SSSR count). The minimum Gasteiger partial charge on any atom is -0.0833 e. The molecule has 4 aliphatic rings. The molecule has 0 aliphatic heterocycles. The molecule has 1 unspecified atom stereocenters. The van der Waals surface area contributed by atoms with E-state index in [9.17, 15) is 0 Å². The number of alkyl halides is 1. The third-order valence-electron chi connectivity index (χ3n) is 6.43. The summed E-state index contributed by atoms with van der Waals surface area (Å²) in [6, 6.07) is 9.49. The Morgan fingerprint density at radius 2 is 1.52 bits per heavy atom. The van der Waals surface area contributed by atoms with Gasteiger partial charge in [-0.2, -0.15) is 0 Å². The maximum atomic E-state index is 4.14. The zero-order chi connectivity index (χ0) is 14.4. The molecule has 0 amide bonds. The number of aryl methyl sites for hydroxylation is 1. The highest BCUT2D eigenvalue weighted by molar-refractivity contribution is 9.09. The van der Waals surface area contributed by atoms with Crippen molar-refractivity contribution >= 4 is 15.9 Å². The standard InChI is InChI=1S/C20H27Br/c1-2-3-14-4-6-18(7-5-14)19(21)20-11-15-8-16(12-20)10-17(9-15)13-20/h4-7,15-17,19H,2-3,8-13H2,1H3. The van der Waals surface area contributed by atoms with Gasteiger partial charge in [0.2, 0.25) is 0 Å². The highest BCUT2D eigenvalue weighted by Crippen LogP contribution is 2.65. The van der Waals surface area contributed by atoms with E-state index in [-0.39, 0.29) is 0 Å². The Morgan fingerprint density at radius 3 is 2.00 bits per heavy atom. The quantitative estimate of drug-likeness (QED) is 0.561. The lowest BCUT2D eigenvalue weighted by atomic mass is 9.48. The fourth-order valence-electron chi connectivity index (χ4n) is 5.98. The van der Waals surface area contributed by atoms with Gasteiger partial charge in [-0.3, -0.25) is 0 Å². The van der Waals surface area contributed by atoms with Crippen LogP contribution in [0, 0.1) is 23.2 Å². The van der Waals surface area contributed by atoms with Crippen LogP contribution in [0.4, 0.5) is 0 Å². The zero-order valence-corrected chi connectivity index (χ0v) is 14.7. The molecule has 1 atom stereocenters. The molecular weight excluding hydrogens is 320 g/mol. The van der Waals surface area contributed by atoms with Crippen LogP contribution in [-0.2, 0) is 6.42 Å². The summed E-state index contributed by atoms with van der Waals surface area (Å²) in [5, 5.41) is 0. The van der Waals surface area contributed by atoms with Crippen LogP contribution in [0.1, 0.15) is 67.8 Å². The molecule has 114 valence electrons. The number of rotatable bonds is 4. The summed E-state index contributed by atoms with van der Waals surface area (Å²) >= 11 is 4.14. The van der Waals surface area contributed by atoms with E-state index in [1.807, 2.05) is 0 Å². The molecule has 0 N–H and O–H groups in total. The lowest BCUT2D eigenvalue weighted by Crippen LogP contribution is -2.47. The second-order valence-corrected chi connectivity index (χ2v) is 9.05. The number of hydrogen-bond acceptors (Lipinski definition) is 0. The molecule has 21 heavy (non-hydrogen) atoms. The molecule has 4 bridgehead atoms. The Labute approximate surface area is 137 Å². The van der Waals surface area contributed by atoms with Crippen molar-refractivity contribution < 1.29 is 0 Å². The van der Waals surface area contributed by atoms with Crippen molar-refractivity contribution in [2.45, 2.75) is 63.1 Å². The first-order valence-corrected chi connectivity index (χ1v) is 9.83. The predicted octanol–water partition coefficient (Wildman–Crippen LogP) is 6.29. The lowest BCUT2D eigenvalue weighted by Gasteiger charge is -2.58. The highest BCUT2D eigenvalue weighted by atomic mass is 79.9. The first kappa shape index (κ1) is 14.3. The summed E-state index contributed by atoms with van der Waals surface area (Å²) in [5.41, 5.74) is 3.59. The molecule has 0 saturated heterocycles. The smallest absolute Gasteiger partial charge is 0.0451 e. The van der Waals surface area contributed by atoms with Crippen LogP contribution in [0.3, 0.4) is 0 Å². The Bertz CT molecular complexity index is 466. The van der Waals surface area contributed by atoms with Crippen LogP contribution in [0.2, 0.25) is 0 Å². The van der Waals surface area contributed by atoms with E-state index in [2.05, 4.69) is 47.1 Å². The van der Waals surface area contributed by atoms with Crippen molar-refractivity contribution in [1.82, 2.24) is 0 Å². The van der Waals surface area contributed by atoms with Crippen molar-refractivity contribution in [3.63, 3.8) is 0 Å². The van der Waals surface area contributed by atoms with Crippen molar-refractivity contribution in [2.75, 3.05) is 0 Å². The topological polar surface area (TPSA) is 0 Å². The number of halogens is 1. The summed E-state index contributed by atoms with van der Waals surface area (Å²) < 4.78 is 0. The molecule has 1 aromatic rings. The normalized spacial score (nSPS) is 38.7. The molecule has 0 nitrogen and oxygen atoms in total. The average Bonchev–Trinajstić information content (AvgIpc) is 2.46. The van der Waals surface area contributed by atoms with Crippen LogP contribution in [0.15, 0.2) is 24.3 Å². The molecule has 4 saturated carbocycles. The molecular formula is C20H27Br. The van der Waals surface area contributed by atoms with Crippen LogP contribution < -0.4 is 0 Å². The van der Waals surface area contributed by atoms with E-state index >= 15 is 0 Å². The van der Waals surface area contributed by atoms with Crippen molar-refractivity contribution in [2.24, 2.45) is 23.2 Å². The third kappa shape index (κ3) is 2.50. The summed E-state index contributed by atoms with van der Waals surface area (Å²) in [4.78, 5) is 0.578. The van der Waals surface area contributed by atoms with E-state index in [4.69, 9.17) is 0 Å². The van der Waals surface area contributed by atoms with E-state index < -0.39 is 0 Å². The Kier molecular flexibility index (Phi) is 3.68. The fraction of sp³-hybridized carbons (Fsp3) is 0.700. The third-order valence-corrected chi connectivity index (χ3v) is 7.93. The van der Waals surface area contributed by atoms with Gasteiger partial charge in [0.05, 0.1) is 0 Å². The Morgan fingerprint density at radius 1 is 1.00 bits per heavy atom. The fourth-order valence-corrected chi connectivity index (χ4v) is 6.85. The Hall–Kier alpha value is -0.300. The van der Waals surface area contributed by atoms with E-state index in [0.29, 0.717) is 10.2 Å². The Balaban J connectivity index is 1.57. The molecule has 4 aliphatic carbocycles. The molecule has 0 spiro atoms. The largest absolute Gasteiger partial charge is 0.0833 e. The van der Waals surface area contributed by atoms with Gasteiger partial charge in [-0.05, 0) is 79.2 Å². The molecule has 0 heterocycles. The van der Waals surface area contributed by atoms with Gasteiger partial charge in [-0.1, -0.05) is 53.5 Å². The van der Waals surface area contributed by atoms with Gasteiger partial charge in [0.1, 0.15) is 0 Å². The first-order valence-electron chi connectivity index (χ1n) is 8.91. The van der Waals surface area contributed by atoms with Crippen LogP contribution in [0.25, 0.3) is 0 Å². The molecule has 0 radical (unpaired) electrons. The maximum Gasteiger partial charge on any atom is 0.0451 e. The first-order chi connectivity index (χ1) is 10.2. The summed E-state index contributed by atoms with van der Waals surface area (Å²) in [6.07, 6.45) is 11.5. The minimum absolute atomic E-state index is 0.570. The van der Waals surface area contributed by atoms with Gasteiger partial charge >= 0.3 is 0 Å². The van der Waals surface area contributed by atoms with Crippen molar-refractivity contribution in [3.05, 3.63) is 35.4 Å². The average molecular weight is 347 g/mol. The second kappa shape index (κ2) is 5.41. The van der Waals surface area contributed by atoms with E-state index in [1.54, 1.807) is 0 Å². The summed E-state index contributed by atoms with van der Waals surface area (Å²) in [5.74, 6) is 3.11. The second-order valence-electron chi connectivity index (χ2n) is 8.13. The molecule has 1 heteroatoms. The van der Waals surface area contributed by atoms with Crippen LogP contribution in [0.5, 0.6) is 0 Å². The van der Waals surface area contributed by atoms with Gasteiger partial charge in [-0.25, -0.2) is 0 Å². The summed E-state index contributed by atoms with van der Waals surface area (Å²) in [7, 11) is 0. The van der Waals surface area contributed by atoms with Gasteiger partial charge in [0.25, 0.3) is 0 Å².